The highest BCUT2D eigenvalue weighted by atomic mass is 16.4. The third-order valence-electron chi connectivity index (χ3n) is 3.69. The van der Waals surface area contributed by atoms with E-state index in [4.69, 9.17) is 8.83 Å². The zero-order valence-electron chi connectivity index (χ0n) is 14.0. The second-order valence-electron chi connectivity index (χ2n) is 5.50. The molecule has 0 saturated carbocycles. The first-order chi connectivity index (χ1) is 13.1. The Labute approximate surface area is 154 Å². The molecule has 2 aromatic heterocycles. The lowest BCUT2D eigenvalue weighted by atomic mass is 10.1. The standard InChI is InChI=1S/C20H14N2O5/c21-11-15(19(23)22-12-17-2-1-9-26-17)10-16-7-8-18(27-16)13-3-5-14(6-4-13)20(24)25/h1-10H,12H2,(H,22,23)(H,24,25)/p-1/b15-10+. The van der Waals surface area contributed by atoms with E-state index < -0.39 is 11.9 Å². The van der Waals surface area contributed by atoms with Gasteiger partial charge in [0, 0.05) is 11.6 Å². The lowest BCUT2D eigenvalue weighted by molar-refractivity contribution is -0.255. The van der Waals surface area contributed by atoms with Gasteiger partial charge in [0.05, 0.1) is 18.8 Å². The van der Waals surface area contributed by atoms with Crippen molar-refractivity contribution in [3.8, 4) is 17.4 Å². The minimum absolute atomic E-state index is 0.0606. The number of carboxylic acid groups (broad SMARTS) is 1. The third-order valence-corrected chi connectivity index (χ3v) is 3.69. The summed E-state index contributed by atoms with van der Waals surface area (Å²) in [4.78, 5) is 22.9. The summed E-state index contributed by atoms with van der Waals surface area (Å²) in [6.07, 6.45) is 2.82. The molecule has 3 rings (SSSR count). The van der Waals surface area contributed by atoms with Crippen LogP contribution >= 0.6 is 0 Å². The lowest BCUT2D eigenvalue weighted by Crippen LogP contribution is -2.23. The van der Waals surface area contributed by atoms with Crippen LogP contribution in [-0.4, -0.2) is 11.9 Å². The van der Waals surface area contributed by atoms with Gasteiger partial charge >= 0.3 is 0 Å². The minimum atomic E-state index is -1.26. The topological polar surface area (TPSA) is 119 Å². The zero-order valence-corrected chi connectivity index (χ0v) is 14.0. The molecule has 0 spiro atoms. The molecule has 0 aliphatic heterocycles. The van der Waals surface area contributed by atoms with Gasteiger partial charge < -0.3 is 24.1 Å². The molecular formula is C20H13N2O5-. The van der Waals surface area contributed by atoms with E-state index in [0.29, 0.717) is 22.8 Å². The van der Waals surface area contributed by atoms with Gasteiger partial charge in [-0.05, 0) is 29.8 Å². The van der Waals surface area contributed by atoms with E-state index in [1.165, 1.54) is 24.5 Å². The van der Waals surface area contributed by atoms with Gasteiger partial charge in [-0.2, -0.15) is 5.26 Å². The van der Waals surface area contributed by atoms with Crippen molar-refractivity contribution >= 4 is 18.0 Å². The quantitative estimate of drug-likeness (QED) is 0.530. The highest BCUT2D eigenvalue weighted by Gasteiger charge is 2.11. The highest BCUT2D eigenvalue weighted by molar-refractivity contribution is 6.01. The van der Waals surface area contributed by atoms with Crippen LogP contribution in [0, 0.1) is 11.3 Å². The van der Waals surface area contributed by atoms with Gasteiger partial charge in [0.2, 0.25) is 0 Å². The van der Waals surface area contributed by atoms with E-state index >= 15 is 0 Å². The minimum Gasteiger partial charge on any atom is -0.545 e. The Kier molecular flexibility index (Phi) is 5.19. The predicted octanol–water partition coefficient (Wildman–Crippen LogP) is 2.13. The van der Waals surface area contributed by atoms with Crippen molar-refractivity contribution in [2.24, 2.45) is 0 Å². The maximum Gasteiger partial charge on any atom is 0.262 e. The summed E-state index contributed by atoms with van der Waals surface area (Å²) in [6, 6.07) is 14.5. The predicted molar refractivity (Wildman–Crippen MR) is 92.6 cm³/mol. The van der Waals surface area contributed by atoms with Crippen molar-refractivity contribution in [3.05, 3.63) is 77.5 Å². The Morgan fingerprint density at radius 2 is 1.93 bits per heavy atom. The molecule has 0 aliphatic carbocycles. The van der Waals surface area contributed by atoms with E-state index in [0.717, 1.165) is 0 Å². The Bertz CT molecular complexity index is 1020. The molecule has 1 N–H and O–H groups in total. The SMILES string of the molecule is N#C/C(=C\c1ccc(-c2ccc(C(=O)[O-])cc2)o1)C(=O)NCc1ccco1. The number of rotatable bonds is 6. The van der Waals surface area contributed by atoms with Crippen molar-refractivity contribution < 1.29 is 23.5 Å². The number of hydrogen-bond donors (Lipinski definition) is 1. The number of carboxylic acids is 1. The summed E-state index contributed by atoms with van der Waals surface area (Å²) in [7, 11) is 0. The van der Waals surface area contributed by atoms with Crippen LogP contribution in [0.5, 0.6) is 0 Å². The van der Waals surface area contributed by atoms with Crippen LogP contribution < -0.4 is 10.4 Å². The van der Waals surface area contributed by atoms with E-state index in [-0.39, 0.29) is 17.7 Å². The van der Waals surface area contributed by atoms with Crippen LogP contribution in [0.3, 0.4) is 0 Å². The Hall–Kier alpha value is -4.05. The molecule has 0 saturated heterocycles. The molecule has 27 heavy (non-hydrogen) atoms. The fraction of sp³-hybridized carbons (Fsp3) is 0.0500. The first-order valence-corrected chi connectivity index (χ1v) is 7.91. The molecule has 3 aromatic rings. The number of furan rings is 2. The molecule has 0 radical (unpaired) electrons. The number of nitrogens with zero attached hydrogens (tertiary/aromatic N) is 1. The summed E-state index contributed by atoms with van der Waals surface area (Å²) >= 11 is 0. The number of amides is 1. The molecule has 7 heteroatoms. The summed E-state index contributed by atoms with van der Waals surface area (Å²) in [5.41, 5.74) is 0.598. The Balaban J connectivity index is 1.72. The van der Waals surface area contributed by atoms with E-state index in [2.05, 4.69) is 5.32 Å². The van der Waals surface area contributed by atoms with Gasteiger partial charge in [-0.25, -0.2) is 0 Å². The normalized spacial score (nSPS) is 11.0. The van der Waals surface area contributed by atoms with Crippen molar-refractivity contribution in [1.29, 1.82) is 5.26 Å². The monoisotopic (exact) mass is 361 g/mol. The molecule has 0 bridgehead atoms. The Morgan fingerprint density at radius 1 is 1.15 bits per heavy atom. The van der Waals surface area contributed by atoms with Crippen molar-refractivity contribution in [1.82, 2.24) is 5.32 Å². The molecule has 0 atom stereocenters. The van der Waals surface area contributed by atoms with Crippen LogP contribution in [0.25, 0.3) is 17.4 Å². The summed E-state index contributed by atoms with van der Waals surface area (Å²) in [5.74, 6) is -0.451. The van der Waals surface area contributed by atoms with E-state index in [1.54, 1.807) is 36.4 Å². The van der Waals surface area contributed by atoms with Crippen molar-refractivity contribution in [2.75, 3.05) is 0 Å². The fourth-order valence-corrected chi connectivity index (χ4v) is 2.32. The van der Waals surface area contributed by atoms with Gasteiger partial charge in [-0.3, -0.25) is 4.79 Å². The van der Waals surface area contributed by atoms with Crippen molar-refractivity contribution in [3.63, 3.8) is 0 Å². The first kappa shape index (κ1) is 17.8. The van der Waals surface area contributed by atoms with Crippen LogP contribution in [0.15, 0.2) is 69.2 Å². The van der Waals surface area contributed by atoms with E-state index in [9.17, 15) is 20.0 Å². The van der Waals surface area contributed by atoms with Gasteiger partial charge in [0.25, 0.3) is 5.91 Å². The lowest BCUT2D eigenvalue weighted by Gasteiger charge is -2.03. The van der Waals surface area contributed by atoms with Gasteiger partial charge in [-0.1, -0.05) is 24.3 Å². The van der Waals surface area contributed by atoms with Crippen LogP contribution in [-0.2, 0) is 11.3 Å². The van der Waals surface area contributed by atoms with Gasteiger partial charge in [0.15, 0.2) is 0 Å². The molecule has 0 fully saturated rings. The number of nitrogens with one attached hydrogen (secondary N) is 1. The summed E-state index contributed by atoms with van der Waals surface area (Å²) in [5, 5.41) is 22.6. The first-order valence-electron chi connectivity index (χ1n) is 7.91. The van der Waals surface area contributed by atoms with Crippen LogP contribution in [0.2, 0.25) is 0 Å². The molecule has 134 valence electrons. The molecule has 7 nitrogen and oxygen atoms in total. The number of benzene rings is 1. The smallest absolute Gasteiger partial charge is 0.262 e. The molecule has 2 heterocycles. The van der Waals surface area contributed by atoms with Crippen LogP contribution in [0.4, 0.5) is 0 Å². The average molecular weight is 361 g/mol. The third kappa shape index (κ3) is 4.32. The summed E-state index contributed by atoms with van der Waals surface area (Å²) in [6.45, 7) is 0.166. The maximum absolute atomic E-state index is 12.1. The number of nitriles is 1. The zero-order chi connectivity index (χ0) is 19.2. The maximum atomic E-state index is 12.1. The molecule has 1 amide bonds. The number of carbonyl (C=O) groups is 2. The molecular weight excluding hydrogens is 348 g/mol. The molecule has 0 aliphatic rings. The van der Waals surface area contributed by atoms with Gasteiger partial charge in [0.1, 0.15) is 28.9 Å². The fourth-order valence-electron chi connectivity index (χ4n) is 2.32. The molecule has 0 unspecified atom stereocenters. The number of carbonyl (C=O) groups excluding carboxylic acids is 2. The number of aromatic carboxylic acids is 1. The van der Waals surface area contributed by atoms with Crippen LogP contribution in [0.1, 0.15) is 21.9 Å². The Morgan fingerprint density at radius 3 is 2.56 bits per heavy atom. The molecule has 1 aromatic carbocycles. The summed E-state index contributed by atoms with van der Waals surface area (Å²) < 4.78 is 10.7. The van der Waals surface area contributed by atoms with Gasteiger partial charge in [-0.15, -0.1) is 0 Å². The second-order valence-corrected chi connectivity index (χ2v) is 5.50. The number of hydrogen-bond acceptors (Lipinski definition) is 6. The second kappa shape index (κ2) is 7.89. The van der Waals surface area contributed by atoms with E-state index in [1.807, 2.05) is 6.07 Å². The highest BCUT2D eigenvalue weighted by Crippen LogP contribution is 2.23. The largest absolute Gasteiger partial charge is 0.545 e. The average Bonchev–Trinajstić information content (AvgIpc) is 3.36. The van der Waals surface area contributed by atoms with Crippen molar-refractivity contribution in [2.45, 2.75) is 6.54 Å².